The first-order valence-electron chi connectivity index (χ1n) is 7.14. The molecule has 3 rings (SSSR count). The lowest BCUT2D eigenvalue weighted by atomic mass is 10.3. The highest BCUT2D eigenvalue weighted by Gasteiger charge is 2.09. The Morgan fingerprint density at radius 3 is 2.96 bits per heavy atom. The third kappa shape index (κ3) is 3.76. The number of carbonyl (C=O) groups excluding carboxylic acids is 1. The third-order valence-electron chi connectivity index (χ3n) is 3.02. The van der Waals surface area contributed by atoms with E-state index in [1.165, 1.54) is 6.26 Å². The Hall–Kier alpha value is -3.09. The predicted octanol–water partition coefficient (Wildman–Crippen LogP) is 3.06. The number of hydrogen-bond acceptors (Lipinski definition) is 6. The van der Waals surface area contributed by atoms with Crippen molar-refractivity contribution < 1.29 is 18.5 Å². The molecule has 7 heteroatoms. The fourth-order valence-electron chi connectivity index (χ4n) is 1.90. The normalized spacial score (nSPS) is 10.5. The molecule has 0 aliphatic rings. The topological polar surface area (TPSA) is 90.4 Å². The molecule has 0 saturated carbocycles. The molecule has 1 N–H and O–H groups in total. The average molecular weight is 313 g/mol. The van der Waals surface area contributed by atoms with Crippen molar-refractivity contribution in [2.45, 2.75) is 20.0 Å². The van der Waals surface area contributed by atoms with Crippen LogP contribution >= 0.6 is 0 Å². The predicted molar refractivity (Wildman–Crippen MR) is 81.1 cm³/mol. The molecule has 0 unspecified atom stereocenters. The molecule has 0 fully saturated rings. The minimum Gasteiger partial charge on any atom is -0.485 e. The first-order chi connectivity index (χ1) is 11.2. The summed E-state index contributed by atoms with van der Waals surface area (Å²) >= 11 is 0. The molecular formula is C16H15N3O4. The summed E-state index contributed by atoms with van der Waals surface area (Å²) in [6.07, 6.45) is 2.13. The molecule has 0 bridgehead atoms. The monoisotopic (exact) mass is 313 g/mol. The van der Waals surface area contributed by atoms with Crippen molar-refractivity contribution in [2.24, 2.45) is 0 Å². The summed E-state index contributed by atoms with van der Waals surface area (Å²) in [5.41, 5.74) is 0.603. The number of nitrogens with one attached hydrogen (secondary N) is 1. The summed E-state index contributed by atoms with van der Waals surface area (Å²) < 4.78 is 15.7. The van der Waals surface area contributed by atoms with E-state index in [0.29, 0.717) is 29.6 Å². The zero-order valence-electron chi connectivity index (χ0n) is 12.5. The summed E-state index contributed by atoms with van der Waals surface area (Å²) in [5.74, 6) is 1.56. The Morgan fingerprint density at radius 1 is 1.30 bits per heavy atom. The fourth-order valence-corrected chi connectivity index (χ4v) is 1.90. The van der Waals surface area contributed by atoms with Crippen LogP contribution in [0.2, 0.25) is 0 Å². The minimum absolute atomic E-state index is 0.194. The van der Waals surface area contributed by atoms with Crippen molar-refractivity contribution >= 4 is 11.6 Å². The summed E-state index contributed by atoms with van der Waals surface area (Å²) in [7, 11) is 0. The number of aromatic nitrogens is 2. The van der Waals surface area contributed by atoms with Crippen molar-refractivity contribution in [3.05, 3.63) is 60.1 Å². The SMILES string of the molecule is CCc1nc(COc2cccc(NC(=O)c3ccco3)c2)no1. The lowest BCUT2D eigenvalue weighted by molar-refractivity contribution is 0.0996. The lowest BCUT2D eigenvalue weighted by Crippen LogP contribution is -2.10. The Kier molecular flexibility index (Phi) is 4.37. The second-order valence-electron chi connectivity index (χ2n) is 4.71. The first-order valence-corrected chi connectivity index (χ1v) is 7.14. The van der Waals surface area contributed by atoms with Crippen LogP contribution in [0.1, 0.15) is 29.2 Å². The lowest BCUT2D eigenvalue weighted by Gasteiger charge is -2.07. The van der Waals surface area contributed by atoms with E-state index in [1.807, 2.05) is 6.92 Å². The van der Waals surface area contributed by atoms with Crippen molar-refractivity contribution in [2.75, 3.05) is 5.32 Å². The molecule has 2 aromatic heterocycles. The van der Waals surface area contributed by atoms with Gasteiger partial charge in [-0.15, -0.1) is 0 Å². The molecule has 1 amide bonds. The van der Waals surface area contributed by atoms with Crippen LogP contribution in [-0.4, -0.2) is 16.0 Å². The van der Waals surface area contributed by atoms with E-state index >= 15 is 0 Å². The number of amides is 1. The molecule has 0 spiro atoms. The van der Waals surface area contributed by atoms with Crippen molar-refractivity contribution in [3.63, 3.8) is 0 Å². The maximum atomic E-state index is 11.9. The van der Waals surface area contributed by atoms with Gasteiger partial charge in [-0.25, -0.2) is 0 Å². The van der Waals surface area contributed by atoms with Crippen LogP contribution in [0, 0.1) is 0 Å². The van der Waals surface area contributed by atoms with Crippen molar-refractivity contribution in [1.82, 2.24) is 10.1 Å². The zero-order chi connectivity index (χ0) is 16.1. The second-order valence-corrected chi connectivity index (χ2v) is 4.71. The van der Waals surface area contributed by atoms with Crippen LogP contribution in [0.15, 0.2) is 51.6 Å². The molecule has 7 nitrogen and oxygen atoms in total. The van der Waals surface area contributed by atoms with E-state index in [2.05, 4.69) is 15.5 Å². The minimum atomic E-state index is -0.321. The number of aryl methyl sites for hydroxylation is 1. The van der Waals surface area contributed by atoms with Gasteiger partial charge in [0.15, 0.2) is 12.4 Å². The van der Waals surface area contributed by atoms with Gasteiger partial charge in [-0.3, -0.25) is 4.79 Å². The number of ether oxygens (including phenoxy) is 1. The molecular weight excluding hydrogens is 298 g/mol. The van der Waals surface area contributed by atoms with Crippen LogP contribution in [0.4, 0.5) is 5.69 Å². The van der Waals surface area contributed by atoms with Crippen LogP contribution in [0.25, 0.3) is 0 Å². The summed E-state index contributed by atoms with van der Waals surface area (Å²) in [6.45, 7) is 2.13. The highest BCUT2D eigenvalue weighted by molar-refractivity contribution is 6.02. The van der Waals surface area contributed by atoms with E-state index in [0.717, 1.165) is 0 Å². The number of carbonyl (C=O) groups is 1. The Balaban J connectivity index is 1.61. The summed E-state index contributed by atoms with van der Waals surface area (Å²) in [5, 5.41) is 6.55. The Morgan fingerprint density at radius 2 is 2.22 bits per heavy atom. The smallest absolute Gasteiger partial charge is 0.291 e. The molecule has 23 heavy (non-hydrogen) atoms. The molecule has 0 saturated heterocycles. The van der Waals surface area contributed by atoms with Gasteiger partial charge in [-0.1, -0.05) is 18.1 Å². The standard InChI is InChI=1S/C16H15N3O4/c1-2-15-18-14(19-23-15)10-22-12-6-3-5-11(9-12)17-16(20)13-7-4-8-21-13/h3-9H,2,10H2,1H3,(H,17,20). The van der Waals surface area contributed by atoms with E-state index in [-0.39, 0.29) is 18.3 Å². The number of rotatable bonds is 6. The molecule has 118 valence electrons. The van der Waals surface area contributed by atoms with Gasteiger partial charge in [-0.2, -0.15) is 4.98 Å². The van der Waals surface area contributed by atoms with Gasteiger partial charge in [0.1, 0.15) is 5.75 Å². The number of anilines is 1. The molecule has 0 aliphatic carbocycles. The van der Waals surface area contributed by atoms with Gasteiger partial charge in [0.25, 0.3) is 5.91 Å². The highest BCUT2D eigenvalue weighted by Crippen LogP contribution is 2.19. The van der Waals surface area contributed by atoms with Gasteiger partial charge < -0.3 is 19.0 Å². The average Bonchev–Trinajstić information content (AvgIpc) is 3.25. The zero-order valence-corrected chi connectivity index (χ0v) is 12.5. The molecule has 0 atom stereocenters. The first kappa shape index (κ1) is 14.8. The van der Waals surface area contributed by atoms with Gasteiger partial charge in [0.05, 0.1) is 6.26 Å². The van der Waals surface area contributed by atoms with Gasteiger partial charge >= 0.3 is 0 Å². The second kappa shape index (κ2) is 6.78. The van der Waals surface area contributed by atoms with Crippen LogP contribution in [0.3, 0.4) is 0 Å². The molecule has 2 heterocycles. The van der Waals surface area contributed by atoms with Gasteiger partial charge in [0, 0.05) is 18.2 Å². The Bertz CT molecular complexity index is 780. The summed E-state index contributed by atoms with van der Waals surface area (Å²) in [6, 6.07) is 10.3. The number of furan rings is 1. The highest BCUT2D eigenvalue weighted by atomic mass is 16.5. The van der Waals surface area contributed by atoms with E-state index in [4.69, 9.17) is 13.7 Å². The van der Waals surface area contributed by atoms with E-state index in [1.54, 1.807) is 36.4 Å². The summed E-state index contributed by atoms with van der Waals surface area (Å²) in [4.78, 5) is 16.1. The number of hydrogen-bond donors (Lipinski definition) is 1. The van der Waals surface area contributed by atoms with Crippen LogP contribution < -0.4 is 10.1 Å². The molecule has 0 aliphatic heterocycles. The third-order valence-corrected chi connectivity index (χ3v) is 3.02. The number of nitrogens with zero attached hydrogens (tertiary/aromatic N) is 2. The van der Waals surface area contributed by atoms with Crippen molar-refractivity contribution in [1.29, 1.82) is 0 Å². The number of benzene rings is 1. The van der Waals surface area contributed by atoms with E-state index < -0.39 is 0 Å². The van der Waals surface area contributed by atoms with Gasteiger partial charge in [-0.05, 0) is 24.3 Å². The van der Waals surface area contributed by atoms with Crippen molar-refractivity contribution in [3.8, 4) is 5.75 Å². The van der Waals surface area contributed by atoms with Gasteiger partial charge in [0.2, 0.25) is 11.7 Å². The van der Waals surface area contributed by atoms with Crippen LogP contribution in [-0.2, 0) is 13.0 Å². The molecule has 1 aromatic carbocycles. The van der Waals surface area contributed by atoms with E-state index in [9.17, 15) is 4.79 Å². The quantitative estimate of drug-likeness (QED) is 0.752. The Labute approximate surface area is 132 Å². The molecule has 3 aromatic rings. The maximum absolute atomic E-state index is 11.9. The fraction of sp³-hybridized carbons (Fsp3) is 0.188. The maximum Gasteiger partial charge on any atom is 0.291 e. The molecule has 0 radical (unpaired) electrons. The van der Waals surface area contributed by atoms with Crippen LogP contribution in [0.5, 0.6) is 5.75 Å². The largest absolute Gasteiger partial charge is 0.485 e.